The van der Waals surface area contributed by atoms with Crippen LogP contribution in [0.2, 0.25) is 0 Å². The molecule has 1 aromatic carbocycles. The molecule has 5 nitrogen and oxygen atoms in total. The van der Waals surface area contributed by atoms with Crippen molar-refractivity contribution in [3.63, 3.8) is 0 Å². The summed E-state index contributed by atoms with van der Waals surface area (Å²) in [6.07, 6.45) is 3.88. The number of nitrogens with two attached hydrogens (primary N) is 1. The molecule has 2 aromatic rings. The number of hydrogen-bond donors (Lipinski definition) is 1. The largest absolute Gasteiger partial charge is 0.401 e. The Morgan fingerprint density at radius 2 is 1.83 bits per heavy atom. The molecule has 0 radical (unpaired) electrons. The molecule has 0 spiro atoms. The first-order valence-corrected chi connectivity index (χ1v) is 7.39. The molecule has 0 atom stereocenters. The van der Waals surface area contributed by atoms with Gasteiger partial charge in [-0.3, -0.25) is 14.7 Å². The third-order valence-electron chi connectivity index (χ3n) is 3.76. The predicted octanol–water partition coefficient (Wildman–Crippen LogP) is 3.38. The highest BCUT2D eigenvalue weighted by Crippen LogP contribution is 2.25. The highest BCUT2D eigenvalue weighted by molar-refractivity contribution is 5.67. The Kier molecular flexibility index (Phi) is 6.45. The zero-order chi connectivity index (χ0) is 17.6. The zero-order valence-corrected chi connectivity index (χ0v) is 14.7. The van der Waals surface area contributed by atoms with Gasteiger partial charge in [0.15, 0.2) is 0 Å². The number of aromatic nitrogens is 2. The molecular weight excluding hydrogens is 286 g/mol. The quantitative estimate of drug-likeness (QED) is 0.694. The zero-order valence-electron chi connectivity index (χ0n) is 14.7. The van der Waals surface area contributed by atoms with E-state index in [-0.39, 0.29) is 0 Å². The number of anilines is 1. The molecule has 1 aromatic heterocycles. The van der Waals surface area contributed by atoms with Gasteiger partial charge >= 0.3 is 0 Å². The number of hydrazine groups is 1. The van der Waals surface area contributed by atoms with Gasteiger partial charge in [-0.25, -0.2) is 0 Å². The van der Waals surface area contributed by atoms with Gasteiger partial charge in [-0.2, -0.15) is 5.10 Å². The van der Waals surface area contributed by atoms with Crippen LogP contribution in [0.5, 0.6) is 0 Å². The molecule has 0 aliphatic rings. The molecule has 0 unspecified atom stereocenters. The average molecular weight is 313 g/mol. The van der Waals surface area contributed by atoms with Gasteiger partial charge in [0, 0.05) is 44.3 Å². The first-order valence-electron chi connectivity index (χ1n) is 7.39. The molecule has 23 heavy (non-hydrogen) atoms. The van der Waals surface area contributed by atoms with Crippen LogP contribution >= 0.6 is 0 Å². The standard InChI is InChI=1S/C16H23N5.C2H4/c1-12(17)13(2)20(4)21(5)16-8-6-7-14(9-16)15-10-18-19(3)11-15;1-2/h6-11H,17H2,1-5H3;1-2H2/b13-12+;. The van der Waals surface area contributed by atoms with E-state index in [2.05, 4.69) is 47.5 Å². The highest BCUT2D eigenvalue weighted by atomic mass is 15.6. The molecule has 124 valence electrons. The van der Waals surface area contributed by atoms with Gasteiger partial charge < -0.3 is 5.73 Å². The van der Waals surface area contributed by atoms with Gasteiger partial charge in [0.1, 0.15) is 0 Å². The van der Waals surface area contributed by atoms with Crippen LogP contribution in [0.3, 0.4) is 0 Å². The summed E-state index contributed by atoms with van der Waals surface area (Å²) < 4.78 is 1.81. The molecule has 0 aliphatic heterocycles. The summed E-state index contributed by atoms with van der Waals surface area (Å²) in [5, 5.41) is 8.34. The molecule has 2 N–H and O–H groups in total. The summed E-state index contributed by atoms with van der Waals surface area (Å²) >= 11 is 0. The maximum Gasteiger partial charge on any atom is 0.0576 e. The van der Waals surface area contributed by atoms with E-state index >= 15 is 0 Å². The Morgan fingerprint density at radius 3 is 2.35 bits per heavy atom. The third kappa shape index (κ3) is 4.39. The van der Waals surface area contributed by atoms with Crippen molar-refractivity contribution in [2.45, 2.75) is 13.8 Å². The lowest BCUT2D eigenvalue weighted by molar-refractivity contribution is 0.402. The van der Waals surface area contributed by atoms with Crippen molar-refractivity contribution in [2.75, 3.05) is 19.1 Å². The van der Waals surface area contributed by atoms with Gasteiger partial charge in [0.25, 0.3) is 0 Å². The average Bonchev–Trinajstić information content (AvgIpc) is 3.01. The maximum atomic E-state index is 5.88. The van der Waals surface area contributed by atoms with Crippen LogP contribution in [-0.4, -0.2) is 28.9 Å². The number of benzene rings is 1. The SMILES string of the molecule is C/C(N)=C(/C)N(C)N(C)c1cccc(-c2cnn(C)c2)c1.C=C. The molecule has 0 saturated carbocycles. The smallest absolute Gasteiger partial charge is 0.0576 e. The first kappa shape index (κ1) is 18.4. The molecule has 0 amide bonds. The Labute approximate surface area is 139 Å². The summed E-state index contributed by atoms with van der Waals surface area (Å²) in [5.41, 5.74) is 11.1. The highest BCUT2D eigenvalue weighted by Gasteiger charge is 2.10. The van der Waals surface area contributed by atoms with Crippen LogP contribution in [0.25, 0.3) is 11.1 Å². The molecule has 0 saturated heterocycles. The molecule has 0 aliphatic carbocycles. The summed E-state index contributed by atoms with van der Waals surface area (Å²) in [6, 6.07) is 8.36. The lowest BCUT2D eigenvalue weighted by Crippen LogP contribution is -2.36. The van der Waals surface area contributed by atoms with E-state index in [1.807, 2.05) is 57.1 Å². The third-order valence-corrected chi connectivity index (χ3v) is 3.76. The van der Waals surface area contributed by atoms with Gasteiger partial charge in [-0.1, -0.05) is 12.1 Å². The van der Waals surface area contributed by atoms with Crippen LogP contribution in [0.1, 0.15) is 13.8 Å². The Balaban J connectivity index is 0.00000127. The second-order valence-electron chi connectivity index (χ2n) is 5.27. The predicted molar refractivity (Wildman–Crippen MR) is 98.6 cm³/mol. The van der Waals surface area contributed by atoms with E-state index in [0.29, 0.717) is 0 Å². The minimum atomic E-state index is 0.813. The Morgan fingerprint density at radius 1 is 1.17 bits per heavy atom. The number of hydrogen-bond acceptors (Lipinski definition) is 4. The van der Waals surface area contributed by atoms with Gasteiger partial charge in [0.2, 0.25) is 0 Å². The monoisotopic (exact) mass is 313 g/mol. The fourth-order valence-corrected chi connectivity index (χ4v) is 2.11. The summed E-state index contributed by atoms with van der Waals surface area (Å²) in [4.78, 5) is 0. The van der Waals surface area contributed by atoms with Gasteiger partial charge in [0.05, 0.1) is 11.9 Å². The normalized spacial score (nSPS) is 11.2. The molecule has 2 rings (SSSR count). The Bertz CT molecular complexity index is 668. The van der Waals surface area contributed by atoms with Crippen LogP contribution in [-0.2, 0) is 7.05 Å². The van der Waals surface area contributed by atoms with E-state index in [1.165, 1.54) is 0 Å². The lowest BCUT2D eigenvalue weighted by Gasteiger charge is -2.33. The molecular formula is C18H27N5. The number of aryl methyl sites for hydroxylation is 1. The van der Waals surface area contributed by atoms with Crippen molar-refractivity contribution in [1.29, 1.82) is 0 Å². The van der Waals surface area contributed by atoms with Crippen LogP contribution in [0, 0.1) is 0 Å². The van der Waals surface area contributed by atoms with Crippen molar-refractivity contribution in [3.8, 4) is 11.1 Å². The van der Waals surface area contributed by atoms with Crippen LogP contribution in [0.4, 0.5) is 5.69 Å². The second-order valence-corrected chi connectivity index (χ2v) is 5.27. The molecule has 1 heterocycles. The fourth-order valence-electron chi connectivity index (χ4n) is 2.11. The van der Waals surface area contributed by atoms with Crippen molar-refractivity contribution in [2.24, 2.45) is 12.8 Å². The minimum absolute atomic E-state index is 0.813. The molecule has 0 fully saturated rings. The van der Waals surface area contributed by atoms with E-state index in [4.69, 9.17) is 5.73 Å². The Hall–Kier alpha value is -2.69. The van der Waals surface area contributed by atoms with E-state index in [0.717, 1.165) is 28.2 Å². The van der Waals surface area contributed by atoms with Crippen molar-refractivity contribution in [1.82, 2.24) is 14.8 Å². The van der Waals surface area contributed by atoms with Gasteiger partial charge in [-0.05, 0) is 31.5 Å². The fraction of sp³-hybridized carbons (Fsp3) is 0.278. The molecule has 5 heteroatoms. The van der Waals surface area contributed by atoms with E-state index < -0.39 is 0 Å². The first-order chi connectivity index (χ1) is 10.9. The number of nitrogens with zero attached hydrogens (tertiary/aromatic N) is 4. The van der Waals surface area contributed by atoms with Crippen LogP contribution in [0.15, 0.2) is 61.2 Å². The minimum Gasteiger partial charge on any atom is -0.401 e. The summed E-state index contributed by atoms with van der Waals surface area (Å²) in [5.74, 6) is 0. The lowest BCUT2D eigenvalue weighted by atomic mass is 10.1. The van der Waals surface area contributed by atoms with Crippen LogP contribution < -0.4 is 10.7 Å². The van der Waals surface area contributed by atoms with Crippen molar-refractivity contribution < 1.29 is 0 Å². The van der Waals surface area contributed by atoms with E-state index in [1.54, 1.807) is 0 Å². The van der Waals surface area contributed by atoms with E-state index in [9.17, 15) is 0 Å². The van der Waals surface area contributed by atoms with Crippen molar-refractivity contribution >= 4 is 5.69 Å². The summed E-state index contributed by atoms with van der Waals surface area (Å²) in [6.45, 7) is 9.92. The summed E-state index contributed by atoms with van der Waals surface area (Å²) in [7, 11) is 5.95. The second kappa shape index (κ2) is 8.08. The topological polar surface area (TPSA) is 50.3 Å². The van der Waals surface area contributed by atoms with Crippen molar-refractivity contribution in [3.05, 3.63) is 61.2 Å². The molecule has 0 bridgehead atoms. The maximum absolute atomic E-state index is 5.88. The number of rotatable bonds is 4. The van der Waals surface area contributed by atoms with Gasteiger partial charge in [-0.15, -0.1) is 13.2 Å². The number of allylic oxidation sites excluding steroid dienone is 2.